The Labute approximate surface area is 122 Å². The average Bonchev–Trinajstić information content (AvgIpc) is 2.49. The number of nitrogens with two attached hydrogens (primary N) is 1. The topological polar surface area (TPSA) is 87.7 Å². The van der Waals surface area contributed by atoms with Crippen LogP contribution in [0.25, 0.3) is 0 Å². The van der Waals surface area contributed by atoms with E-state index in [1.54, 1.807) is 23.9 Å². The quantitative estimate of drug-likeness (QED) is 0.345. The van der Waals surface area contributed by atoms with Crippen molar-refractivity contribution in [1.29, 1.82) is 0 Å². The van der Waals surface area contributed by atoms with Gasteiger partial charge in [-0.25, -0.2) is 0 Å². The summed E-state index contributed by atoms with van der Waals surface area (Å²) in [7, 11) is 0. The van der Waals surface area contributed by atoms with Gasteiger partial charge in [-0.1, -0.05) is 23.7 Å². The maximum absolute atomic E-state index is 12.2. The van der Waals surface area contributed by atoms with Crippen LogP contribution in [0.3, 0.4) is 0 Å². The van der Waals surface area contributed by atoms with Gasteiger partial charge in [0.05, 0.1) is 5.25 Å². The number of nitrogens with zero attached hydrogens (tertiary/aromatic N) is 1. The minimum Gasteiger partial charge on any atom is -0.409 e. The van der Waals surface area contributed by atoms with Crippen LogP contribution >= 0.6 is 11.8 Å². The molecular formula is C14H19N3O2S. The van der Waals surface area contributed by atoms with Crippen LogP contribution in [-0.2, 0) is 4.79 Å². The van der Waals surface area contributed by atoms with Crippen molar-refractivity contribution in [3.05, 3.63) is 29.3 Å². The molecule has 6 heteroatoms. The van der Waals surface area contributed by atoms with Gasteiger partial charge in [-0.05, 0) is 37.1 Å². The lowest BCUT2D eigenvalue weighted by molar-refractivity contribution is -0.115. The number of anilines is 1. The fourth-order valence-corrected chi connectivity index (χ4v) is 3.33. The van der Waals surface area contributed by atoms with Gasteiger partial charge < -0.3 is 16.3 Å². The van der Waals surface area contributed by atoms with Crippen molar-refractivity contribution in [3.63, 3.8) is 0 Å². The highest BCUT2D eigenvalue weighted by atomic mass is 32.2. The van der Waals surface area contributed by atoms with Crippen molar-refractivity contribution in [3.8, 4) is 0 Å². The summed E-state index contributed by atoms with van der Waals surface area (Å²) in [6, 6.07) is 5.34. The molecule has 1 aromatic rings. The summed E-state index contributed by atoms with van der Waals surface area (Å²) >= 11 is 1.71. The minimum absolute atomic E-state index is 0.0238. The summed E-state index contributed by atoms with van der Waals surface area (Å²) in [6.07, 6.45) is 3.22. The first-order chi connectivity index (χ1) is 9.61. The summed E-state index contributed by atoms with van der Waals surface area (Å²) in [4.78, 5) is 12.2. The van der Waals surface area contributed by atoms with E-state index < -0.39 is 0 Å². The van der Waals surface area contributed by atoms with Gasteiger partial charge in [0, 0.05) is 11.3 Å². The van der Waals surface area contributed by atoms with Crippen LogP contribution in [0.15, 0.2) is 23.4 Å². The predicted octanol–water partition coefficient (Wildman–Crippen LogP) is 2.31. The van der Waals surface area contributed by atoms with Crippen molar-refractivity contribution in [2.45, 2.75) is 31.4 Å². The molecule has 108 valence electrons. The zero-order valence-corrected chi connectivity index (χ0v) is 12.2. The molecule has 1 aliphatic heterocycles. The van der Waals surface area contributed by atoms with Gasteiger partial charge in [0.1, 0.15) is 0 Å². The molecule has 0 saturated carbocycles. The first-order valence-corrected chi connectivity index (χ1v) is 7.67. The van der Waals surface area contributed by atoms with E-state index in [4.69, 9.17) is 10.9 Å². The molecule has 1 fully saturated rings. The largest absolute Gasteiger partial charge is 0.409 e. The molecule has 1 saturated heterocycles. The molecule has 0 aliphatic carbocycles. The standard InChI is InChI=1S/C14H19N3O2S/c1-9-5-6-10(13(15)17-19)8-11(9)16-14(18)12-4-2-3-7-20-12/h5-6,8,12,19H,2-4,7H2,1H3,(H2,15,17)(H,16,18). The van der Waals surface area contributed by atoms with E-state index in [-0.39, 0.29) is 17.0 Å². The first-order valence-electron chi connectivity index (χ1n) is 6.63. The molecule has 0 bridgehead atoms. The predicted molar refractivity (Wildman–Crippen MR) is 82.4 cm³/mol. The van der Waals surface area contributed by atoms with E-state index in [9.17, 15) is 4.79 Å². The van der Waals surface area contributed by atoms with Crippen LogP contribution in [0.5, 0.6) is 0 Å². The number of hydrogen-bond acceptors (Lipinski definition) is 4. The van der Waals surface area contributed by atoms with Gasteiger partial charge in [-0.15, -0.1) is 11.8 Å². The highest BCUT2D eigenvalue weighted by molar-refractivity contribution is 8.00. The molecule has 1 amide bonds. The Morgan fingerprint density at radius 1 is 1.50 bits per heavy atom. The Morgan fingerprint density at radius 2 is 2.30 bits per heavy atom. The number of benzene rings is 1. The van der Waals surface area contributed by atoms with Crippen LogP contribution < -0.4 is 11.1 Å². The molecule has 1 aliphatic rings. The molecule has 0 spiro atoms. The smallest absolute Gasteiger partial charge is 0.237 e. The molecule has 4 N–H and O–H groups in total. The lowest BCUT2D eigenvalue weighted by Gasteiger charge is -2.21. The monoisotopic (exact) mass is 293 g/mol. The summed E-state index contributed by atoms with van der Waals surface area (Å²) in [6.45, 7) is 1.92. The molecule has 0 aromatic heterocycles. The molecule has 1 aromatic carbocycles. The number of amides is 1. The maximum Gasteiger partial charge on any atom is 0.237 e. The normalized spacial score (nSPS) is 19.6. The summed E-state index contributed by atoms with van der Waals surface area (Å²) in [5, 5.41) is 14.7. The zero-order chi connectivity index (χ0) is 14.5. The Hall–Kier alpha value is -1.69. The van der Waals surface area contributed by atoms with E-state index >= 15 is 0 Å². The van der Waals surface area contributed by atoms with Gasteiger partial charge >= 0.3 is 0 Å². The second-order valence-electron chi connectivity index (χ2n) is 4.86. The van der Waals surface area contributed by atoms with E-state index in [0.717, 1.165) is 24.2 Å². The molecule has 5 nitrogen and oxygen atoms in total. The maximum atomic E-state index is 12.2. The van der Waals surface area contributed by atoms with Crippen LogP contribution in [0.1, 0.15) is 30.4 Å². The van der Waals surface area contributed by atoms with Crippen LogP contribution in [0.2, 0.25) is 0 Å². The fourth-order valence-electron chi connectivity index (χ4n) is 2.13. The van der Waals surface area contributed by atoms with Gasteiger partial charge in [0.2, 0.25) is 5.91 Å². The van der Waals surface area contributed by atoms with Crippen molar-refractivity contribution >= 4 is 29.2 Å². The van der Waals surface area contributed by atoms with Crippen molar-refractivity contribution < 1.29 is 10.0 Å². The molecule has 20 heavy (non-hydrogen) atoms. The second-order valence-corrected chi connectivity index (χ2v) is 6.17. The van der Waals surface area contributed by atoms with Gasteiger partial charge in [-0.2, -0.15) is 0 Å². The third kappa shape index (κ3) is 3.45. The summed E-state index contributed by atoms with van der Waals surface area (Å²) in [5.41, 5.74) is 7.82. The van der Waals surface area contributed by atoms with Crippen LogP contribution in [0, 0.1) is 6.92 Å². The van der Waals surface area contributed by atoms with Crippen molar-refractivity contribution in [1.82, 2.24) is 0 Å². The third-order valence-corrected chi connectivity index (χ3v) is 4.75. The van der Waals surface area contributed by atoms with E-state index in [1.807, 2.05) is 13.0 Å². The minimum atomic E-state index is 0.0238. The third-order valence-electron chi connectivity index (χ3n) is 3.37. The van der Waals surface area contributed by atoms with Crippen molar-refractivity contribution in [2.24, 2.45) is 10.9 Å². The fraction of sp³-hybridized carbons (Fsp3) is 0.429. The molecule has 1 atom stereocenters. The van der Waals surface area contributed by atoms with Crippen LogP contribution in [0.4, 0.5) is 5.69 Å². The lowest BCUT2D eigenvalue weighted by Crippen LogP contribution is -2.28. The highest BCUT2D eigenvalue weighted by Crippen LogP contribution is 2.27. The van der Waals surface area contributed by atoms with Gasteiger partial charge in [0.25, 0.3) is 0 Å². The van der Waals surface area contributed by atoms with E-state index in [2.05, 4.69) is 10.5 Å². The molecule has 2 rings (SSSR count). The second kappa shape index (κ2) is 6.65. The number of thioether (sulfide) groups is 1. The van der Waals surface area contributed by atoms with Crippen molar-refractivity contribution in [2.75, 3.05) is 11.1 Å². The highest BCUT2D eigenvalue weighted by Gasteiger charge is 2.22. The summed E-state index contributed by atoms with van der Waals surface area (Å²) < 4.78 is 0. The molecular weight excluding hydrogens is 274 g/mol. The number of amidine groups is 1. The number of rotatable bonds is 3. The van der Waals surface area contributed by atoms with Gasteiger partial charge in [0.15, 0.2) is 5.84 Å². The SMILES string of the molecule is Cc1ccc(/C(N)=N/O)cc1NC(=O)C1CCCCS1. The Bertz CT molecular complexity index is 525. The van der Waals surface area contributed by atoms with E-state index in [1.165, 1.54) is 6.42 Å². The number of oxime groups is 1. The Morgan fingerprint density at radius 3 is 2.95 bits per heavy atom. The number of nitrogens with one attached hydrogen (secondary N) is 1. The zero-order valence-electron chi connectivity index (χ0n) is 11.4. The first kappa shape index (κ1) is 14.7. The summed E-state index contributed by atoms with van der Waals surface area (Å²) in [5.74, 6) is 1.11. The molecule has 1 heterocycles. The van der Waals surface area contributed by atoms with Gasteiger partial charge in [-0.3, -0.25) is 4.79 Å². The number of aryl methyl sites for hydroxylation is 1. The Kier molecular flexibility index (Phi) is 4.89. The number of hydrogen-bond donors (Lipinski definition) is 3. The van der Waals surface area contributed by atoms with Crippen LogP contribution in [-0.4, -0.2) is 28.0 Å². The lowest BCUT2D eigenvalue weighted by atomic mass is 10.1. The Balaban J connectivity index is 2.13. The number of carbonyl (C=O) groups excluding carboxylic acids is 1. The van der Waals surface area contributed by atoms with E-state index in [0.29, 0.717) is 11.3 Å². The average molecular weight is 293 g/mol. The molecule has 1 unspecified atom stereocenters. The number of carbonyl (C=O) groups is 1. The molecule has 0 radical (unpaired) electrons.